The number of carbonyl (C=O) groups is 2. The molecule has 1 aliphatic heterocycles. The van der Waals surface area contributed by atoms with Gasteiger partial charge in [-0.2, -0.15) is 0 Å². The van der Waals surface area contributed by atoms with Crippen LogP contribution < -0.4 is 0 Å². The highest BCUT2D eigenvalue weighted by Gasteiger charge is 2.51. The third-order valence-corrected chi connectivity index (χ3v) is 4.93. The molecule has 0 aromatic carbocycles. The number of hydrogen-bond acceptors (Lipinski definition) is 3. The molecule has 4 nitrogen and oxygen atoms in total. The molecule has 0 bridgehead atoms. The quantitative estimate of drug-likeness (QED) is 0.773. The molecule has 1 saturated carbocycles. The van der Waals surface area contributed by atoms with E-state index in [1.165, 1.54) is 4.90 Å². The van der Waals surface area contributed by atoms with Crippen LogP contribution >= 0.6 is 0 Å². The molecule has 1 saturated heterocycles. The molecule has 2 aliphatic rings. The van der Waals surface area contributed by atoms with Crippen molar-refractivity contribution in [3.05, 3.63) is 0 Å². The molecule has 0 radical (unpaired) electrons. The van der Waals surface area contributed by atoms with E-state index in [2.05, 4.69) is 6.92 Å². The largest absolute Gasteiger partial charge is 0.391 e. The maximum atomic E-state index is 12.3. The minimum Gasteiger partial charge on any atom is -0.391 e. The number of nitrogens with zero attached hydrogens (tertiary/aromatic N) is 1. The molecule has 19 heavy (non-hydrogen) atoms. The molecule has 0 spiro atoms. The van der Waals surface area contributed by atoms with Crippen molar-refractivity contribution in [2.24, 2.45) is 23.7 Å². The Morgan fingerprint density at radius 3 is 2.05 bits per heavy atom. The first-order valence-electron chi connectivity index (χ1n) is 7.52. The van der Waals surface area contributed by atoms with Crippen molar-refractivity contribution in [1.82, 2.24) is 4.90 Å². The van der Waals surface area contributed by atoms with Gasteiger partial charge >= 0.3 is 0 Å². The van der Waals surface area contributed by atoms with Crippen LogP contribution in [-0.2, 0) is 9.59 Å². The van der Waals surface area contributed by atoms with Gasteiger partial charge in [-0.25, -0.2) is 0 Å². The van der Waals surface area contributed by atoms with Crippen LogP contribution in [0.4, 0.5) is 0 Å². The summed E-state index contributed by atoms with van der Waals surface area (Å²) < 4.78 is 0. The molecule has 1 heterocycles. The van der Waals surface area contributed by atoms with Gasteiger partial charge in [0, 0.05) is 0 Å². The van der Waals surface area contributed by atoms with Crippen LogP contribution in [0.5, 0.6) is 0 Å². The van der Waals surface area contributed by atoms with Crippen molar-refractivity contribution >= 4 is 11.8 Å². The van der Waals surface area contributed by atoms with Crippen LogP contribution in [0, 0.1) is 23.7 Å². The normalized spacial score (nSPS) is 32.3. The lowest BCUT2D eigenvalue weighted by molar-refractivity contribution is -0.142. The van der Waals surface area contributed by atoms with Gasteiger partial charge in [-0.3, -0.25) is 14.5 Å². The van der Waals surface area contributed by atoms with Crippen molar-refractivity contribution < 1.29 is 14.7 Å². The highest BCUT2D eigenvalue weighted by atomic mass is 16.3. The number of aliphatic hydroxyl groups is 1. The molecule has 4 heteroatoms. The lowest BCUT2D eigenvalue weighted by atomic mass is 9.96. The second-order valence-electron chi connectivity index (χ2n) is 6.22. The minimum absolute atomic E-state index is 0.0515. The number of amides is 2. The maximum Gasteiger partial charge on any atom is 0.233 e. The van der Waals surface area contributed by atoms with Crippen LogP contribution in [0.15, 0.2) is 0 Å². The van der Waals surface area contributed by atoms with Crippen molar-refractivity contribution in [3.8, 4) is 0 Å². The van der Waals surface area contributed by atoms with Crippen LogP contribution in [0.3, 0.4) is 0 Å². The number of rotatable bonds is 5. The van der Waals surface area contributed by atoms with E-state index in [1.54, 1.807) is 0 Å². The summed E-state index contributed by atoms with van der Waals surface area (Å²) in [5.41, 5.74) is 0. The second-order valence-corrected chi connectivity index (χ2v) is 6.22. The molecular formula is C15H25NO3. The lowest BCUT2D eigenvalue weighted by Crippen LogP contribution is -2.41. The first-order chi connectivity index (χ1) is 8.99. The van der Waals surface area contributed by atoms with Crippen molar-refractivity contribution in [1.29, 1.82) is 0 Å². The summed E-state index contributed by atoms with van der Waals surface area (Å²) in [6, 6.07) is 0. The van der Waals surface area contributed by atoms with E-state index in [-0.39, 0.29) is 36.1 Å². The Hall–Kier alpha value is -0.900. The van der Waals surface area contributed by atoms with Crippen molar-refractivity contribution in [2.45, 2.75) is 52.6 Å². The van der Waals surface area contributed by atoms with Crippen LogP contribution in [0.1, 0.15) is 46.5 Å². The average molecular weight is 267 g/mol. The predicted octanol–water partition coefficient (Wildman–Crippen LogP) is 1.81. The Morgan fingerprint density at radius 1 is 1.16 bits per heavy atom. The van der Waals surface area contributed by atoms with Crippen molar-refractivity contribution in [2.75, 3.05) is 6.54 Å². The van der Waals surface area contributed by atoms with E-state index in [1.807, 2.05) is 13.8 Å². The SMILES string of the molecule is CCC(CC)C(O)CN1C(=O)C2CC(C)CC2C1=O. The van der Waals surface area contributed by atoms with E-state index >= 15 is 0 Å². The number of β-amino-alcohol motifs (C(OH)–C–C–N with tert-alkyl or cyclic N) is 1. The summed E-state index contributed by atoms with van der Waals surface area (Å²) in [5, 5.41) is 10.2. The Balaban J connectivity index is 2.03. The monoisotopic (exact) mass is 267 g/mol. The molecule has 0 aromatic heterocycles. The van der Waals surface area contributed by atoms with E-state index in [0.29, 0.717) is 5.92 Å². The number of likely N-dealkylation sites (tertiary alicyclic amines) is 1. The minimum atomic E-state index is -0.584. The molecular weight excluding hydrogens is 242 g/mol. The number of hydrogen-bond donors (Lipinski definition) is 1. The smallest absolute Gasteiger partial charge is 0.233 e. The Bertz CT molecular complexity index is 340. The van der Waals surface area contributed by atoms with Gasteiger partial charge in [-0.15, -0.1) is 0 Å². The number of aliphatic hydroxyl groups excluding tert-OH is 1. The molecule has 1 N–H and O–H groups in total. The number of carbonyl (C=O) groups excluding carboxylic acids is 2. The van der Waals surface area contributed by atoms with Crippen LogP contribution in [0.25, 0.3) is 0 Å². The van der Waals surface area contributed by atoms with Gasteiger partial charge in [-0.1, -0.05) is 33.6 Å². The molecule has 2 rings (SSSR count). The zero-order valence-corrected chi connectivity index (χ0v) is 12.1. The second kappa shape index (κ2) is 5.61. The van der Waals surface area contributed by atoms with E-state index in [9.17, 15) is 14.7 Å². The highest BCUT2D eigenvalue weighted by Crippen LogP contribution is 2.43. The number of imide groups is 1. The zero-order chi connectivity index (χ0) is 14.2. The maximum absolute atomic E-state index is 12.3. The lowest BCUT2D eigenvalue weighted by Gasteiger charge is -2.25. The van der Waals surface area contributed by atoms with Crippen LogP contribution in [0.2, 0.25) is 0 Å². The summed E-state index contributed by atoms with van der Waals surface area (Å²) in [6.07, 6.45) is 2.81. The topological polar surface area (TPSA) is 57.6 Å². The first-order valence-corrected chi connectivity index (χ1v) is 7.52. The number of fused-ring (bicyclic) bond motifs is 1. The van der Waals surface area contributed by atoms with Gasteiger partial charge in [0.15, 0.2) is 0 Å². The summed E-state index contributed by atoms with van der Waals surface area (Å²) in [7, 11) is 0. The fourth-order valence-corrected chi connectivity index (χ4v) is 3.70. The Morgan fingerprint density at radius 2 is 1.63 bits per heavy atom. The molecule has 2 fully saturated rings. The zero-order valence-electron chi connectivity index (χ0n) is 12.1. The third kappa shape index (κ3) is 2.55. The molecule has 108 valence electrons. The fourth-order valence-electron chi connectivity index (χ4n) is 3.70. The van der Waals surface area contributed by atoms with E-state index in [0.717, 1.165) is 25.7 Å². The highest BCUT2D eigenvalue weighted by molar-refractivity contribution is 6.05. The summed E-state index contributed by atoms with van der Waals surface area (Å²) >= 11 is 0. The van der Waals surface area contributed by atoms with Crippen LogP contribution in [-0.4, -0.2) is 34.5 Å². The van der Waals surface area contributed by atoms with E-state index in [4.69, 9.17) is 0 Å². The van der Waals surface area contributed by atoms with Gasteiger partial charge in [0.1, 0.15) is 0 Å². The summed E-state index contributed by atoms with van der Waals surface area (Å²) in [6.45, 7) is 6.34. The van der Waals surface area contributed by atoms with Gasteiger partial charge < -0.3 is 5.11 Å². The molecule has 3 unspecified atom stereocenters. The summed E-state index contributed by atoms with van der Waals surface area (Å²) in [4.78, 5) is 25.9. The van der Waals surface area contributed by atoms with Crippen molar-refractivity contribution in [3.63, 3.8) is 0 Å². The van der Waals surface area contributed by atoms with Gasteiger partial charge in [0.2, 0.25) is 11.8 Å². The fraction of sp³-hybridized carbons (Fsp3) is 0.867. The molecule has 1 aliphatic carbocycles. The Kier molecular flexibility index (Phi) is 4.29. The molecule has 0 aromatic rings. The Labute approximate surface area is 115 Å². The molecule has 3 atom stereocenters. The third-order valence-electron chi connectivity index (χ3n) is 4.93. The van der Waals surface area contributed by atoms with Gasteiger partial charge in [0.05, 0.1) is 24.5 Å². The first kappa shape index (κ1) is 14.5. The molecule has 2 amide bonds. The standard InChI is InChI=1S/C15H25NO3/c1-4-10(5-2)13(17)8-16-14(18)11-6-9(3)7-12(11)15(16)19/h9-13,17H,4-8H2,1-3H3. The average Bonchev–Trinajstić information content (AvgIpc) is 2.85. The van der Waals surface area contributed by atoms with Gasteiger partial charge in [0.25, 0.3) is 0 Å². The summed E-state index contributed by atoms with van der Waals surface area (Å²) in [5.74, 6) is 0.301. The van der Waals surface area contributed by atoms with E-state index < -0.39 is 6.10 Å². The predicted molar refractivity (Wildman–Crippen MR) is 72.2 cm³/mol. The van der Waals surface area contributed by atoms with Gasteiger partial charge in [-0.05, 0) is 24.7 Å².